The van der Waals surface area contributed by atoms with Gasteiger partial charge in [0, 0.05) is 6.54 Å². The molecule has 0 spiro atoms. The maximum atomic E-state index is 11.6. The highest BCUT2D eigenvalue weighted by Gasteiger charge is 2.16. The fourth-order valence-electron chi connectivity index (χ4n) is 1.86. The van der Waals surface area contributed by atoms with Crippen molar-refractivity contribution in [2.45, 2.75) is 45.6 Å². The van der Waals surface area contributed by atoms with Crippen molar-refractivity contribution in [3.8, 4) is 0 Å². The van der Waals surface area contributed by atoms with E-state index in [0.29, 0.717) is 6.54 Å². The number of carbonyl (C=O) groups excluding carboxylic acids is 2. The van der Waals surface area contributed by atoms with Crippen molar-refractivity contribution in [3.05, 3.63) is 35.9 Å². The molecule has 0 bridgehead atoms. The first kappa shape index (κ1) is 18.0. The van der Waals surface area contributed by atoms with E-state index >= 15 is 0 Å². The lowest BCUT2D eigenvalue weighted by Gasteiger charge is -2.19. The van der Waals surface area contributed by atoms with Crippen LogP contribution >= 0.6 is 0 Å². The predicted molar refractivity (Wildman–Crippen MR) is 86.6 cm³/mol. The molecule has 0 aromatic heterocycles. The minimum atomic E-state index is -0.577. The van der Waals surface area contributed by atoms with E-state index in [-0.39, 0.29) is 12.5 Å². The average molecular weight is 306 g/mol. The van der Waals surface area contributed by atoms with Gasteiger partial charge in [0.15, 0.2) is 0 Å². The number of unbranched alkanes of at least 4 members (excludes halogenated alkanes) is 1. The zero-order valence-corrected chi connectivity index (χ0v) is 13.6. The van der Waals surface area contributed by atoms with Crippen molar-refractivity contribution >= 4 is 12.0 Å². The Kier molecular flexibility index (Phi) is 7.43. The zero-order chi connectivity index (χ0) is 16.4. The highest BCUT2D eigenvalue weighted by atomic mass is 16.6. The van der Waals surface area contributed by atoms with Gasteiger partial charge in [0.25, 0.3) is 0 Å². The summed E-state index contributed by atoms with van der Waals surface area (Å²) in [6.45, 7) is 5.88. The summed E-state index contributed by atoms with van der Waals surface area (Å²) in [5.41, 5.74) is 0.748. The van der Waals surface area contributed by atoms with Crippen molar-refractivity contribution in [2.24, 2.45) is 0 Å². The molecule has 1 aromatic carbocycles. The molecule has 5 heteroatoms. The van der Waals surface area contributed by atoms with Gasteiger partial charge in [0.05, 0.1) is 6.54 Å². The molecule has 0 radical (unpaired) electrons. The Labute approximate surface area is 132 Å². The number of rotatable bonds is 7. The summed E-state index contributed by atoms with van der Waals surface area (Å²) < 4.78 is 5.05. The lowest BCUT2D eigenvalue weighted by molar-refractivity contribution is -0.120. The number of carbonyl (C=O) groups is 2. The molecule has 0 heterocycles. The summed E-state index contributed by atoms with van der Waals surface area (Å²) in [6.07, 6.45) is 2.36. The lowest BCUT2D eigenvalue weighted by atomic mass is 10.1. The molecule has 0 aliphatic heterocycles. The fourth-order valence-corrected chi connectivity index (χ4v) is 1.86. The predicted octanol–water partition coefficient (Wildman–Crippen LogP) is 2.65. The van der Waals surface area contributed by atoms with Crippen LogP contribution in [0.4, 0.5) is 4.79 Å². The molecule has 0 saturated heterocycles. The highest BCUT2D eigenvalue weighted by molar-refractivity contribution is 5.82. The van der Waals surface area contributed by atoms with E-state index in [4.69, 9.17) is 4.74 Å². The van der Waals surface area contributed by atoms with Gasteiger partial charge in [-0.25, -0.2) is 4.79 Å². The Hall–Kier alpha value is -2.04. The number of hydrogen-bond acceptors (Lipinski definition) is 3. The van der Waals surface area contributed by atoms with E-state index in [0.717, 1.165) is 19.3 Å². The van der Waals surface area contributed by atoms with Crippen LogP contribution < -0.4 is 10.6 Å². The first-order valence-electron chi connectivity index (χ1n) is 7.64. The second-order valence-electron chi connectivity index (χ2n) is 6.15. The van der Waals surface area contributed by atoms with Gasteiger partial charge in [-0.1, -0.05) is 30.3 Å². The number of amides is 2. The number of alkyl carbamates (subject to hydrolysis) is 1. The molecule has 0 aliphatic rings. The topological polar surface area (TPSA) is 67.4 Å². The van der Waals surface area contributed by atoms with Gasteiger partial charge in [-0.3, -0.25) is 4.79 Å². The number of nitrogens with one attached hydrogen (secondary N) is 2. The Morgan fingerprint density at radius 1 is 1.05 bits per heavy atom. The van der Waals surface area contributed by atoms with Crippen LogP contribution in [0.15, 0.2) is 30.3 Å². The summed E-state index contributed by atoms with van der Waals surface area (Å²) in [6, 6.07) is 10.3. The van der Waals surface area contributed by atoms with Gasteiger partial charge < -0.3 is 15.4 Å². The van der Waals surface area contributed by atoms with Gasteiger partial charge in [0.2, 0.25) is 5.91 Å². The summed E-state index contributed by atoms with van der Waals surface area (Å²) in [5.74, 6) is -0.203. The third-order valence-electron chi connectivity index (χ3n) is 2.85. The number of hydrogen-bond donors (Lipinski definition) is 2. The van der Waals surface area contributed by atoms with Crippen LogP contribution in [-0.2, 0) is 16.0 Å². The lowest BCUT2D eigenvalue weighted by Crippen LogP contribution is -2.39. The number of benzene rings is 1. The molecular weight excluding hydrogens is 280 g/mol. The highest BCUT2D eigenvalue weighted by Crippen LogP contribution is 2.06. The molecular formula is C17H26N2O3. The zero-order valence-electron chi connectivity index (χ0n) is 13.6. The Balaban J connectivity index is 2.05. The molecule has 0 unspecified atom stereocenters. The third kappa shape index (κ3) is 9.00. The first-order valence-corrected chi connectivity index (χ1v) is 7.64. The summed E-state index contributed by atoms with van der Waals surface area (Å²) in [4.78, 5) is 22.9. The van der Waals surface area contributed by atoms with E-state index in [9.17, 15) is 9.59 Å². The first-order chi connectivity index (χ1) is 10.4. The third-order valence-corrected chi connectivity index (χ3v) is 2.85. The van der Waals surface area contributed by atoms with Crippen molar-refractivity contribution in [1.29, 1.82) is 0 Å². The Morgan fingerprint density at radius 3 is 2.36 bits per heavy atom. The summed E-state index contributed by atoms with van der Waals surface area (Å²) >= 11 is 0. The van der Waals surface area contributed by atoms with Crippen molar-refractivity contribution in [3.63, 3.8) is 0 Å². The van der Waals surface area contributed by atoms with Crippen molar-refractivity contribution < 1.29 is 14.3 Å². The van der Waals surface area contributed by atoms with Crippen LogP contribution in [0.3, 0.4) is 0 Å². The smallest absolute Gasteiger partial charge is 0.408 e. The van der Waals surface area contributed by atoms with E-state index in [2.05, 4.69) is 22.8 Å². The van der Waals surface area contributed by atoms with E-state index in [1.54, 1.807) is 20.8 Å². The maximum absolute atomic E-state index is 11.6. The van der Waals surface area contributed by atoms with Crippen LogP contribution in [0.25, 0.3) is 0 Å². The van der Waals surface area contributed by atoms with Crippen molar-refractivity contribution in [2.75, 3.05) is 13.1 Å². The van der Waals surface area contributed by atoms with E-state index in [1.807, 2.05) is 18.2 Å². The van der Waals surface area contributed by atoms with Gasteiger partial charge in [-0.05, 0) is 45.6 Å². The molecule has 2 N–H and O–H groups in total. The molecule has 0 fully saturated rings. The van der Waals surface area contributed by atoms with Gasteiger partial charge in [0.1, 0.15) is 5.60 Å². The maximum Gasteiger partial charge on any atom is 0.408 e. The van der Waals surface area contributed by atoms with Crippen LogP contribution in [0.5, 0.6) is 0 Å². The summed E-state index contributed by atoms with van der Waals surface area (Å²) in [7, 11) is 0. The molecule has 22 heavy (non-hydrogen) atoms. The van der Waals surface area contributed by atoms with Crippen LogP contribution in [0.2, 0.25) is 0 Å². The fraction of sp³-hybridized carbons (Fsp3) is 0.529. The minimum absolute atomic E-state index is 0.0619. The normalized spacial score (nSPS) is 10.9. The Bertz CT molecular complexity index is 467. The average Bonchev–Trinajstić information content (AvgIpc) is 2.44. The largest absolute Gasteiger partial charge is 0.444 e. The number of ether oxygens (including phenoxy) is 1. The second kappa shape index (κ2) is 9.07. The Morgan fingerprint density at radius 2 is 1.73 bits per heavy atom. The molecule has 0 saturated carbocycles. The molecule has 5 nitrogen and oxygen atoms in total. The quantitative estimate of drug-likeness (QED) is 0.761. The van der Waals surface area contributed by atoms with E-state index < -0.39 is 11.7 Å². The van der Waals surface area contributed by atoms with E-state index in [1.165, 1.54) is 5.56 Å². The van der Waals surface area contributed by atoms with Crippen LogP contribution in [0, 0.1) is 0 Å². The molecule has 0 aliphatic carbocycles. The minimum Gasteiger partial charge on any atom is -0.444 e. The molecule has 2 amide bonds. The van der Waals surface area contributed by atoms with Crippen LogP contribution in [0.1, 0.15) is 39.2 Å². The second-order valence-corrected chi connectivity index (χ2v) is 6.15. The van der Waals surface area contributed by atoms with Gasteiger partial charge >= 0.3 is 6.09 Å². The standard InChI is InChI=1S/C17H26N2O3/c1-17(2,3)22-16(21)19-13-15(20)18-12-8-7-11-14-9-5-4-6-10-14/h4-6,9-10H,7-8,11-13H2,1-3H3,(H,18,20)(H,19,21). The molecule has 122 valence electrons. The van der Waals surface area contributed by atoms with Gasteiger partial charge in [-0.15, -0.1) is 0 Å². The van der Waals surface area contributed by atoms with Crippen molar-refractivity contribution in [1.82, 2.24) is 10.6 Å². The molecule has 0 atom stereocenters. The molecule has 1 aromatic rings. The monoisotopic (exact) mass is 306 g/mol. The molecule has 1 rings (SSSR count). The van der Waals surface area contributed by atoms with Gasteiger partial charge in [-0.2, -0.15) is 0 Å². The summed E-state index contributed by atoms with van der Waals surface area (Å²) in [5, 5.41) is 5.21. The SMILES string of the molecule is CC(C)(C)OC(=O)NCC(=O)NCCCCc1ccccc1. The van der Waals surface area contributed by atoms with Crippen LogP contribution in [-0.4, -0.2) is 30.7 Å². The number of aryl methyl sites for hydroxylation is 1.